The molecule has 1 heterocycles. The maximum absolute atomic E-state index is 14.4. The Kier molecular flexibility index (Phi) is 6.38. The van der Waals surface area contributed by atoms with Crippen molar-refractivity contribution in [2.24, 2.45) is 5.92 Å². The van der Waals surface area contributed by atoms with E-state index >= 15 is 0 Å². The van der Waals surface area contributed by atoms with Crippen molar-refractivity contribution in [3.05, 3.63) is 55.6 Å². The zero-order chi connectivity index (χ0) is 22.3. The molecule has 2 rings (SSSR count). The monoisotopic (exact) mass is 455 g/mol. The van der Waals surface area contributed by atoms with Crippen LogP contribution in [-0.4, -0.2) is 25.6 Å². The molecule has 0 spiro atoms. The third-order valence-electron chi connectivity index (χ3n) is 3.77. The highest BCUT2D eigenvalue weighted by atomic mass is 35.5. The van der Waals surface area contributed by atoms with Crippen molar-refractivity contribution in [3.8, 4) is 5.69 Å². The van der Waals surface area contributed by atoms with Crippen molar-refractivity contribution >= 4 is 29.3 Å². The summed E-state index contributed by atoms with van der Waals surface area (Å²) in [5.74, 6) is 2.42. The van der Waals surface area contributed by atoms with Gasteiger partial charge >= 0.3 is 17.8 Å². The van der Waals surface area contributed by atoms with E-state index in [0.29, 0.717) is 0 Å². The number of carbonyl (C=O) groups is 1. The van der Waals surface area contributed by atoms with Crippen LogP contribution >= 0.6 is 23.4 Å². The molecule has 13 heteroatoms. The number of rotatable bonds is 5. The second kappa shape index (κ2) is 8.11. The number of alkyl halides is 3. The number of nitrogens with zero attached hydrogens (tertiary/aromatic N) is 2. The second-order valence-electron chi connectivity index (χ2n) is 6.21. The van der Waals surface area contributed by atoms with Crippen molar-refractivity contribution in [1.29, 1.82) is 0 Å². The topological polar surface area (TPSA) is 107 Å². The predicted octanol–water partition coefficient (Wildman–Crippen LogP) is 2.73. The minimum atomic E-state index is -5.09. The van der Waals surface area contributed by atoms with Gasteiger partial charge in [-0.25, -0.2) is 18.4 Å². The lowest BCUT2D eigenvalue weighted by atomic mass is 10.1. The van der Waals surface area contributed by atoms with Gasteiger partial charge in [0.05, 0.1) is 10.7 Å². The molecule has 1 unspecified atom stereocenters. The molecule has 1 atom stereocenters. The molecule has 29 heavy (non-hydrogen) atoms. The average Bonchev–Trinajstić information content (AvgIpc) is 2.57. The molecule has 1 aromatic carbocycles. The summed E-state index contributed by atoms with van der Waals surface area (Å²) in [4.78, 5) is 35.8. The highest BCUT2D eigenvalue weighted by molar-refractivity contribution is 8.00. The lowest BCUT2D eigenvalue weighted by Gasteiger charge is -2.18. The van der Waals surface area contributed by atoms with Crippen LogP contribution in [0.15, 0.2) is 32.7 Å². The van der Waals surface area contributed by atoms with Crippen LogP contribution in [-0.2, 0) is 11.0 Å². The van der Waals surface area contributed by atoms with Crippen molar-refractivity contribution in [2.75, 3.05) is 5.84 Å². The number of hydrogen-bond donors (Lipinski definition) is 2. The molecule has 0 aliphatic heterocycles. The van der Waals surface area contributed by atoms with E-state index in [2.05, 4.69) is 0 Å². The first-order valence-corrected chi connectivity index (χ1v) is 9.11. The minimum absolute atomic E-state index is 0.0129. The Hall–Kier alpha value is -2.47. The molecule has 0 amide bonds. The predicted molar refractivity (Wildman–Crippen MR) is 98.5 cm³/mol. The molecule has 3 N–H and O–H groups in total. The number of nitrogens with two attached hydrogens (primary N) is 1. The maximum Gasteiger partial charge on any atom is 0.433 e. The largest absolute Gasteiger partial charge is 0.480 e. The molecule has 0 saturated carbocycles. The zero-order valence-corrected chi connectivity index (χ0v) is 16.4. The highest BCUT2D eigenvalue weighted by Gasteiger charge is 2.36. The highest BCUT2D eigenvalue weighted by Crippen LogP contribution is 2.36. The summed E-state index contributed by atoms with van der Waals surface area (Å²) in [6, 6.07) is 1.69. The fourth-order valence-corrected chi connectivity index (χ4v) is 3.67. The van der Waals surface area contributed by atoms with Gasteiger partial charge in [0.1, 0.15) is 11.1 Å². The summed E-state index contributed by atoms with van der Waals surface area (Å²) in [7, 11) is 0. The normalized spacial score (nSPS) is 13.0. The lowest BCUT2D eigenvalue weighted by Crippen LogP contribution is -2.45. The number of benzene rings is 1. The first kappa shape index (κ1) is 22.8. The van der Waals surface area contributed by atoms with Crippen molar-refractivity contribution in [2.45, 2.75) is 30.2 Å². The Labute approximate surface area is 169 Å². The van der Waals surface area contributed by atoms with Crippen LogP contribution < -0.4 is 17.1 Å². The van der Waals surface area contributed by atoms with Gasteiger partial charge in [-0.15, -0.1) is 11.8 Å². The Morgan fingerprint density at radius 2 is 1.83 bits per heavy atom. The van der Waals surface area contributed by atoms with E-state index in [1.165, 1.54) is 0 Å². The minimum Gasteiger partial charge on any atom is -0.480 e. The number of carboxylic acid groups (broad SMARTS) is 1. The van der Waals surface area contributed by atoms with Crippen LogP contribution in [0, 0.1) is 11.7 Å². The lowest BCUT2D eigenvalue weighted by molar-refractivity contribution is -0.143. The first-order chi connectivity index (χ1) is 13.3. The molecule has 0 bridgehead atoms. The molecular weight excluding hydrogens is 442 g/mol. The fourth-order valence-electron chi connectivity index (χ4n) is 2.38. The Morgan fingerprint density at radius 1 is 1.24 bits per heavy atom. The summed E-state index contributed by atoms with van der Waals surface area (Å²) in [5, 5.41) is 8.10. The maximum atomic E-state index is 14.4. The van der Waals surface area contributed by atoms with Gasteiger partial charge in [-0.3, -0.25) is 9.59 Å². The number of aromatic nitrogens is 2. The van der Waals surface area contributed by atoms with Crippen molar-refractivity contribution < 1.29 is 27.5 Å². The van der Waals surface area contributed by atoms with E-state index < -0.39 is 45.8 Å². The number of halogens is 5. The molecule has 158 valence electrons. The summed E-state index contributed by atoms with van der Waals surface area (Å²) in [5.41, 5.74) is -5.54. The van der Waals surface area contributed by atoms with E-state index in [-0.39, 0.29) is 31.1 Å². The summed E-state index contributed by atoms with van der Waals surface area (Å²) >= 11 is 6.68. The molecule has 1 aromatic heterocycles. The Morgan fingerprint density at radius 3 is 2.31 bits per heavy atom. The van der Waals surface area contributed by atoms with Crippen LogP contribution in [0.25, 0.3) is 5.69 Å². The van der Waals surface area contributed by atoms with Crippen LogP contribution in [0.2, 0.25) is 5.02 Å². The molecule has 0 fully saturated rings. The molecule has 7 nitrogen and oxygen atoms in total. The summed E-state index contributed by atoms with van der Waals surface area (Å²) in [6.45, 7) is 3.25. The van der Waals surface area contributed by atoms with Crippen LogP contribution in [0.4, 0.5) is 17.6 Å². The molecule has 0 aliphatic rings. The Balaban J connectivity index is 2.71. The smallest absolute Gasteiger partial charge is 0.433 e. The second-order valence-corrected chi connectivity index (χ2v) is 7.80. The quantitative estimate of drug-likeness (QED) is 0.408. The van der Waals surface area contributed by atoms with Gasteiger partial charge in [-0.1, -0.05) is 25.4 Å². The third-order valence-corrected chi connectivity index (χ3v) is 5.79. The number of hydrogen-bond acceptors (Lipinski definition) is 5. The zero-order valence-electron chi connectivity index (χ0n) is 14.8. The van der Waals surface area contributed by atoms with E-state index in [1.54, 1.807) is 13.8 Å². The van der Waals surface area contributed by atoms with Gasteiger partial charge in [0, 0.05) is 11.0 Å². The molecule has 2 aromatic rings. The SMILES string of the molecule is CC(C)C(Sc1cc(-n2c(=O)cc(C(F)(F)F)n(N)c2=O)c(F)cc1Cl)C(=O)O. The van der Waals surface area contributed by atoms with Gasteiger partial charge in [-0.2, -0.15) is 13.2 Å². The number of thioether (sulfide) groups is 1. The molecular formula is C16H14ClF4N3O4S. The first-order valence-electron chi connectivity index (χ1n) is 7.86. The van der Waals surface area contributed by atoms with Gasteiger partial charge in [-0.05, 0) is 18.1 Å². The van der Waals surface area contributed by atoms with E-state index in [9.17, 15) is 37.1 Å². The van der Waals surface area contributed by atoms with Crippen molar-refractivity contribution in [1.82, 2.24) is 9.24 Å². The van der Waals surface area contributed by atoms with Gasteiger partial charge in [0.2, 0.25) is 0 Å². The number of carboxylic acids is 1. The van der Waals surface area contributed by atoms with E-state index in [0.717, 1.165) is 23.9 Å². The van der Waals surface area contributed by atoms with E-state index in [4.69, 9.17) is 17.4 Å². The van der Waals surface area contributed by atoms with Gasteiger partial charge < -0.3 is 10.9 Å². The van der Waals surface area contributed by atoms with Crippen LogP contribution in [0.3, 0.4) is 0 Å². The molecule has 0 aliphatic carbocycles. The standard InChI is InChI=1S/C16H14ClF4N3O4S/c1-6(2)13(14(26)27)29-10-4-9(8(18)3-7(10)17)23-12(25)5-11(16(19,20)21)24(22)15(23)28/h3-6,13H,22H2,1-2H3,(H,26,27). The fraction of sp³-hybridized carbons (Fsp3) is 0.312. The van der Waals surface area contributed by atoms with E-state index in [1.807, 2.05) is 0 Å². The van der Waals surface area contributed by atoms with Gasteiger partial charge in [0.15, 0.2) is 5.69 Å². The van der Waals surface area contributed by atoms with Crippen molar-refractivity contribution in [3.63, 3.8) is 0 Å². The molecule has 0 saturated heterocycles. The molecule has 0 radical (unpaired) electrons. The average molecular weight is 456 g/mol. The van der Waals surface area contributed by atoms with Crippen LogP contribution in [0.1, 0.15) is 19.5 Å². The third kappa shape index (κ3) is 4.58. The summed E-state index contributed by atoms with van der Waals surface area (Å²) < 4.78 is 52.9. The van der Waals surface area contributed by atoms with Crippen LogP contribution in [0.5, 0.6) is 0 Å². The summed E-state index contributed by atoms with van der Waals surface area (Å²) in [6.07, 6.45) is -5.09. The number of nitrogen functional groups attached to an aromatic ring is 1. The van der Waals surface area contributed by atoms with Gasteiger partial charge in [0.25, 0.3) is 5.56 Å². The number of aliphatic carboxylic acids is 1. The Bertz CT molecular complexity index is 1080.